The molecule has 21 heavy (non-hydrogen) atoms. The maximum absolute atomic E-state index is 10.8. The molecule has 0 amide bonds. The Balaban J connectivity index is 2.18. The molecular weight excluding hydrogens is 288 g/mol. The Labute approximate surface area is 126 Å². The zero-order chi connectivity index (χ0) is 14.8. The average Bonchev–Trinajstić information content (AvgIpc) is 2.84. The van der Waals surface area contributed by atoms with Crippen LogP contribution < -0.4 is 5.11 Å². The number of hydrogen-bond acceptors (Lipinski definition) is 3. The van der Waals surface area contributed by atoms with Gasteiger partial charge < -0.3 is 14.9 Å². The van der Waals surface area contributed by atoms with Crippen molar-refractivity contribution >= 4 is 28.5 Å². The molecule has 0 aliphatic carbocycles. The van der Waals surface area contributed by atoms with Gasteiger partial charge in [-0.2, -0.15) is 0 Å². The second-order valence-electron chi connectivity index (χ2n) is 4.76. The van der Waals surface area contributed by atoms with Gasteiger partial charge >= 0.3 is 0 Å². The van der Waals surface area contributed by atoms with Crippen molar-refractivity contribution in [1.82, 2.24) is 9.97 Å². The normalized spacial score (nSPS) is 10.9. The van der Waals surface area contributed by atoms with Crippen LogP contribution in [0.25, 0.3) is 22.3 Å². The van der Waals surface area contributed by atoms with Crippen LogP contribution in [-0.2, 0) is 11.2 Å². The highest BCUT2D eigenvalue weighted by Gasteiger charge is 2.14. The van der Waals surface area contributed by atoms with E-state index >= 15 is 0 Å². The minimum Gasteiger partial charge on any atom is -0.550 e. The van der Waals surface area contributed by atoms with Crippen LogP contribution in [0.5, 0.6) is 0 Å². The molecule has 3 aromatic rings. The Morgan fingerprint density at radius 3 is 2.86 bits per heavy atom. The number of H-pyrrole nitrogens is 1. The molecule has 0 radical (unpaired) electrons. The Morgan fingerprint density at radius 2 is 2.14 bits per heavy atom. The van der Waals surface area contributed by atoms with Crippen molar-refractivity contribution in [3.63, 3.8) is 0 Å². The van der Waals surface area contributed by atoms with Crippen molar-refractivity contribution in [3.05, 3.63) is 53.2 Å². The number of carboxylic acids is 1. The van der Waals surface area contributed by atoms with Crippen LogP contribution in [-0.4, -0.2) is 15.9 Å². The second-order valence-corrected chi connectivity index (χ2v) is 5.19. The lowest BCUT2D eigenvalue weighted by Gasteiger charge is -2.05. The lowest BCUT2D eigenvalue weighted by atomic mass is 10.0. The second kappa shape index (κ2) is 5.58. The van der Waals surface area contributed by atoms with E-state index in [1.54, 1.807) is 12.3 Å². The van der Waals surface area contributed by atoms with Crippen LogP contribution in [0.4, 0.5) is 0 Å². The number of rotatable bonds is 4. The molecular formula is C16H12ClN2O2-. The summed E-state index contributed by atoms with van der Waals surface area (Å²) >= 11 is 6.05. The fraction of sp³-hybridized carbons (Fsp3) is 0.125. The first-order valence-electron chi connectivity index (χ1n) is 6.56. The van der Waals surface area contributed by atoms with Gasteiger partial charge in [-0.25, -0.2) is 0 Å². The Bertz CT molecular complexity index is 797. The van der Waals surface area contributed by atoms with Gasteiger partial charge in [-0.15, -0.1) is 0 Å². The third-order valence-electron chi connectivity index (χ3n) is 3.37. The third kappa shape index (κ3) is 2.76. The van der Waals surface area contributed by atoms with Crippen molar-refractivity contribution in [2.45, 2.75) is 12.8 Å². The Kier molecular flexibility index (Phi) is 3.62. The number of carbonyl (C=O) groups excluding carboxylic acids is 1. The van der Waals surface area contributed by atoms with Gasteiger partial charge in [-0.3, -0.25) is 4.98 Å². The van der Waals surface area contributed by atoms with Crippen molar-refractivity contribution in [2.24, 2.45) is 0 Å². The molecule has 0 saturated carbocycles. The number of pyridine rings is 1. The Hall–Kier alpha value is -2.33. The number of carboxylic acid groups (broad SMARTS) is 1. The fourth-order valence-corrected chi connectivity index (χ4v) is 2.61. The first kappa shape index (κ1) is 13.6. The molecule has 0 spiro atoms. The number of carbonyl (C=O) groups is 1. The summed E-state index contributed by atoms with van der Waals surface area (Å²) < 4.78 is 0. The van der Waals surface area contributed by atoms with E-state index in [4.69, 9.17) is 11.6 Å². The van der Waals surface area contributed by atoms with Crippen LogP contribution >= 0.6 is 11.6 Å². The van der Waals surface area contributed by atoms with E-state index < -0.39 is 5.97 Å². The van der Waals surface area contributed by atoms with E-state index in [-0.39, 0.29) is 6.42 Å². The summed E-state index contributed by atoms with van der Waals surface area (Å²) in [5.74, 6) is -1.07. The number of aryl methyl sites for hydroxylation is 1. The van der Waals surface area contributed by atoms with Gasteiger partial charge in [0.1, 0.15) is 0 Å². The predicted octanol–water partition coefficient (Wildman–Crippen LogP) is 2.57. The van der Waals surface area contributed by atoms with Crippen LogP contribution in [0.1, 0.15) is 12.0 Å². The molecule has 1 aromatic carbocycles. The number of aromatic nitrogens is 2. The highest BCUT2D eigenvalue weighted by Crippen LogP contribution is 2.31. The minimum atomic E-state index is -1.07. The monoisotopic (exact) mass is 299 g/mol. The van der Waals surface area contributed by atoms with Gasteiger partial charge in [0, 0.05) is 28.1 Å². The molecule has 2 aromatic heterocycles. The number of fused-ring (bicyclic) bond motifs is 1. The minimum absolute atomic E-state index is 0.0424. The quantitative estimate of drug-likeness (QED) is 0.805. The molecule has 0 aliphatic rings. The van der Waals surface area contributed by atoms with E-state index in [1.165, 1.54) is 0 Å². The van der Waals surface area contributed by atoms with E-state index in [9.17, 15) is 9.90 Å². The summed E-state index contributed by atoms with van der Waals surface area (Å²) in [6.07, 6.45) is 2.03. The molecule has 0 aliphatic heterocycles. The number of nitrogens with one attached hydrogen (secondary N) is 1. The van der Waals surface area contributed by atoms with Crippen molar-refractivity contribution in [1.29, 1.82) is 0 Å². The number of hydrogen-bond donors (Lipinski definition) is 1. The first-order valence-corrected chi connectivity index (χ1v) is 6.94. The van der Waals surface area contributed by atoms with Crippen molar-refractivity contribution < 1.29 is 9.90 Å². The summed E-state index contributed by atoms with van der Waals surface area (Å²) in [4.78, 5) is 18.4. The molecule has 4 nitrogen and oxygen atoms in total. The number of nitrogens with zero attached hydrogens (tertiary/aromatic N) is 1. The smallest absolute Gasteiger partial charge is 0.0867 e. The molecule has 0 fully saturated rings. The summed E-state index contributed by atoms with van der Waals surface area (Å²) in [6.45, 7) is 0. The molecule has 1 N–H and O–H groups in total. The van der Waals surface area contributed by atoms with Gasteiger partial charge in [0.2, 0.25) is 0 Å². The molecule has 2 heterocycles. The topological polar surface area (TPSA) is 68.8 Å². The van der Waals surface area contributed by atoms with Gasteiger partial charge in [-0.05, 0) is 48.7 Å². The maximum Gasteiger partial charge on any atom is 0.0867 e. The number of aliphatic carboxylic acids is 1. The number of benzene rings is 1. The summed E-state index contributed by atoms with van der Waals surface area (Å²) in [5, 5.41) is 12.3. The number of aromatic amines is 1. The molecule has 0 unspecified atom stereocenters. The van der Waals surface area contributed by atoms with Crippen molar-refractivity contribution in [2.75, 3.05) is 0 Å². The fourth-order valence-electron chi connectivity index (χ4n) is 2.44. The highest BCUT2D eigenvalue weighted by atomic mass is 35.5. The first-order chi connectivity index (χ1) is 10.1. The van der Waals surface area contributed by atoms with Gasteiger partial charge in [0.05, 0.1) is 11.4 Å². The predicted molar refractivity (Wildman–Crippen MR) is 79.9 cm³/mol. The number of halogens is 1. The van der Waals surface area contributed by atoms with Crippen LogP contribution in [0.2, 0.25) is 5.02 Å². The standard InChI is InChI=1S/C16H13ClN2O2/c17-10-4-6-13-12(9-10)11(5-7-15(20)21)16(19-13)14-3-1-2-8-18-14/h1-4,6,8-9,19H,5,7H2,(H,20,21)/p-1. The molecule has 3 rings (SSSR count). The molecule has 0 atom stereocenters. The zero-order valence-electron chi connectivity index (χ0n) is 11.1. The van der Waals surface area contributed by atoms with Crippen molar-refractivity contribution in [3.8, 4) is 11.4 Å². The lowest BCUT2D eigenvalue weighted by Crippen LogP contribution is -2.22. The lowest BCUT2D eigenvalue weighted by molar-refractivity contribution is -0.305. The summed E-state index contributed by atoms with van der Waals surface area (Å²) in [5.41, 5.74) is 3.41. The summed E-state index contributed by atoms with van der Waals surface area (Å²) in [6, 6.07) is 11.1. The van der Waals surface area contributed by atoms with Crippen LogP contribution in [0.3, 0.4) is 0 Å². The van der Waals surface area contributed by atoms with E-state index in [0.717, 1.165) is 27.9 Å². The Morgan fingerprint density at radius 1 is 1.29 bits per heavy atom. The SMILES string of the molecule is O=C([O-])CCc1c(-c2ccccn2)[nH]c2ccc(Cl)cc12. The third-order valence-corrected chi connectivity index (χ3v) is 3.60. The van der Waals surface area contributed by atoms with Crippen LogP contribution in [0, 0.1) is 0 Å². The van der Waals surface area contributed by atoms with E-state index in [2.05, 4.69) is 9.97 Å². The van der Waals surface area contributed by atoms with Gasteiger partial charge in [0.25, 0.3) is 0 Å². The molecule has 0 saturated heterocycles. The van der Waals surface area contributed by atoms with Crippen LogP contribution in [0.15, 0.2) is 42.6 Å². The largest absolute Gasteiger partial charge is 0.550 e. The van der Waals surface area contributed by atoms with E-state index in [0.29, 0.717) is 11.4 Å². The maximum atomic E-state index is 10.8. The zero-order valence-corrected chi connectivity index (χ0v) is 11.9. The van der Waals surface area contributed by atoms with E-state index in [1.807, 2.05) is 30.3 Å². The molecule has 106 valence electrons. The molecule has 0 bridgehead atoms. The molecule has 5 heteroatoms. The van der Waals surface area contributed by atoms with Gasteiger partial charge in [0.15, 0.2) is 0 Å². The average molecular weight is 300 g/mol. The highest BCUT2D eigenvalue weighted by molar-refractivity contribution is 6.31. The summed E-state index contributed by atoms with van der Waals surface area (Å²) in [7, 11) is 0. The van der Waals surface area contributed by atoms with Gasteiger partial charge in [-0.1, -0.05) is 17.7 Å².